The molecule has 0 aliphatic rings. The average Bonchev–Trinajstić information content (AvgIpc) is 2.21. The van der Waals surface area contributed by atoms with Crippen LogP contribution in [-0.4, -0.2) is 13.1 Å². The number of rotatable bonds is 2. The molecule has 1 aromatic rings. The summed E-state index contributed by atoms with van der Waals surface area (Å²) in [6, 6.07) is 4.96. The quantitative estimate of drug-likeness (QED) is 0.698. The highest BCUT2D eigenvalue weighted by Gasteiger charge is 2.04. The van der Waals surface area contributed by atoms with Crippen LogP contribution in [-0.2, 0) is 6.54 Å². The second-order valence-corrected chi connectivity index (χ2v) is 3.13. The topological polar surface area (TPSA) is 67.2 Å². The van der Waals surface area contributed by atoms with Crippen LogP contribution in [0.1, 0.15) is 5.56 Å². The largest absolute Gasteiger partial charge is 0.341 e. The van der Waals surface area contributed by atoms with E-state index in [9.17, 15) is 4.79 Å². The van der Waals surface area contributed by atoms with Gasteiger partial charge in [-0.2, -0.15) is 0 Å². The van der Waals surface area contributed by atoms with Gasteiger partial charge in [-0.1, -0.05) is 17.7 Å². The van der Waals surface area contributed by atoms with E-state index < -0.39 is 0 Å². The maximum absolute atomic E-state index is 11.0. The van der Waals surface area contributed by atoms with E-state index in [1.807, 2.05) is 6.07 Å². The Morgan fingerprint density at radius 1 is 1.57 bits per heavy atom. The first kappa shape index (κ1) is 10.8. The van der Waals surface area contributed by atoms with E-state index in [1.165, 1.54) is 7.05 Å². The van der Waals surface area contributed by atoms with Crippen LogP contribution in [0.2, 0.25) is 5.02 Å². The predicted octanol–water partition coefficient (Wildman–Crippen LogP) is 1.55. The molecule has 14 heavy (non-hydrogen) atoms. The summed E-state index contributed by atoms with van der Waals surface area (Å²) in [5.41, 5.74) is 6.94. The lowest BCUT2D eigenvalue weighted by Gasteiger charge is -2.07. The van der Waals surface area contributed by atoms with E-state index in [4.69, 9.17) is 17.3 Å². The monoisotopic (exact) mass is 213 g/mol. The minimum atomic E-state index is -0.305. The van der Waals surface area contributed by atoms with Crippen molar-refractivity contribution in [2.24, 2.45) is 5.73 Å². The van der Waals surface area contributed by atoms with Crippen LogP contribution in [0.3, 0.4) is 0 Å². The number of nitrogens with one attached hydrogen (secondary N) is 2. The van der Waals surface area contributed by atoms with E-state index in [0.29, 0.717) is 17.3 Å². The number of hydrogen-bond donors (Lipinski definition) is 3. The summed E-state index contributed by atoms with van der Waals surface area (Å²) in [7, 11) is 1.54. The smallest absolute Gasteiger partial charge is 0.319 e. The van der Waals surface area contributed by atoms with Crippen LogP contribution in [0, 0.1) is 0 Å². The molecule has 0 saturated carbocycles. The highest BCUT2D eigenvalue weighted by Crippen LogP contribution is 2.22. The van der Waals surface area contributed by atoms with Crippen molar-refractivity contribution in [2.45, 2.75) is 6.54 Å². The third-order valence-corrected chi connectivity index (χ3v) is 2.07. The zero-order chi connectivity index (χ0) is 10.6. The number of carbonyl (C=O) groups is 1. The standard InChI is InChI=1S/C9H12ClN3O/c1-12-9(14)13-8-4-6(5-11)2-3-7(8)10/h2-4H,5,11H2,1H3,(H2,12,13,14). The third-order valence-electron chi connectivity index (χ3n) is 1.74. The van der Waals surface area contributed by atoms with Crippen molar-refractivity contribution in [2.75, 3.05) is 12.4 Å². The highest BCUT2D eigenvalue weighted by atomic mass is 35.5. The average molecular weight is 214 g/mol. The van der Waals surface area contributed by atoms with Gasteiger partial charge in [0.2, 0.25) is 0 Å². The molecule has 76 valence electrons. The Morgan fingerprint density at radius 3 is 2.86 bits per heavy atom. The maximum Gasteiger partial charge on any atom is 0.319 e. The van der Waals surface area contributed by atoms with Crippen LogP contribution in [0.4, 0.5) is 10.5 Å². The molecule has 2 amide bonds. The molecule has 0 unspecified atom stereocenters. The van der Waals surface area contributed by atoms with Crippen molar-refractivity contribution in [3.63, 3.8) is 0 Å². The van der Waals surface area contributed by atoms with Gasteiger partial charge in [-0.3, -0.25) is 0 Å². The zero-order valence-corrected chi connectivity index (χ0v) is 8.56. The first-order valence-electron chi connectivity index (χ1n) is 4.14. The van der Waals surface area contributed by atoms with Crippen LogP contribution in [0.15, 0.2) is 18.2 Å². The Bertz CT molecular complexity index is 341. The molecule has 0 fully saturated rings. The number of urea groups is 1. The molecule has 0 spiro atoms. The fourth-order valence-electron chi connectivity index (χ4n) is 0.980. The molecule has 0 atom stereocenters. The number of halogens is 1. The predicted molar refractivity (Wildman–Crippen MR) is 57.4 cm³/mol. The molecule has 0 aliphatic carbocycles. The molecule has 4 N–H and O–H groups in total. The number of amides is 2. The van der Waals surface area contributed by atoms with Crippen molar-refractivity contribution in [3.05, 3.63) is 28.8 Å². The van der Waals surface area contributed by atoms with Gasteiger partial charge in [-0.25, -0.2) is 4.79 Å². The van der Waals surface area contributed by atoms with Crippen LogP contribution in [0.5, 0.6) is 0 Å². The summed E-state index contributed by atoms with van der Waals surface area (Å²) >= 11 is 5.87. The summed E-state index contributed by atoms with van der Waals surface area (Å²) in [6.07, 6.45) is 0. The lowest BCUT2D eigenvalue weighted by atomic mass is 10.2. The van der Waals surface area contributed by atoms with Crippen LogP contribution in [0.25, 0.3) is 0 Å². The highest BCUT2D eigenvalue weighted by molar-refractivity contribution is 6.33. The Hall–Kier alpha value is -1.26. The molecule has 0 radical (unpaired) electrons. The van der Waals surface area contributed by atoms with E-state index in [1.54, 1.807) is 12.1 Å². The van der Waals surface area contributed by atoms with Gasteiger partial charge in [0.15, 0.2) is 0 Å². The number of benzene rings is 1. The van der Waals surface area contributed by atoms with Gasteiger partial charge in [0.1, 0.15) is 0 Å². The van der Waals surface area contributed by atoms with Crippen molar-refractivity contribution in [1.82, 2.24) is 5.32 Å². The lowest BCUT2D eigenvalue weighted by molar-refractivity contribution is 0.254. The molecule has 0 bridgehead atoms. The molecule has 1 rings (SSSR count). The fraction of sp³-hybridized carbons (Fsp3) is 0.222. The Balaban J connectivity index is 2.89. The molecule has 4 nitrogen and oxygen atoms in total. The minimum absolute atomic E-state index is 0.305. The van der Waals surface area contributed by atoms with Gasteiger partial charge in [0.25, 0.3) is 0 Å². The molecule has 0 saturated heterocycles. The van der Waals surface area contributed by atoms with E-state index in [0.717, 1.165) is 5.56 Å². The van der Waals surface area contributed by atoms with E-state index in [2.05, 4.69) is 10.6 Å². The molecular formula is C9H12ClN3O. The molecule has 5 heteroatoms. The van der Waals surface area contributed by atoms with Crippen LogP contribution >= 0.6 is 11.6 Å². The van der Waals surface area contributed by atoms with Crippen molar-refractivity contribution < 1.29 is 4.79 Å². The molecule has 0 heterocycles. The summed E-state index contributed by atoms with van der Waals surface area (Å²) < 4.78 is 0. The summed E-state index contributed by atoms with van der Waals surface area (Å²) in [4.78, 5) is 11.0. The third kappa shape index (κ3) is 2.61. The minimum Gasteiger partial charge on any atom is -0.341 e. The second-order valence-electron chi connectivity index (χ2n) is 2.72. The van der Waals surface area contributed by atoms with Crippen LogP contribution < -0.4 is 16.4 Å². The summed E-state index contributed by atoms with van der Waals surface area (Å²) in [6.45, 7) is 0.416. The number of carbonyl (C=O) groups excluding carboxylic acids is 1. The number of nitrogens with two attached hydrogens (primary N) is 1. The molecule has 0 aromatic heterocycles. The molecular weight excluding hydrogens is 202 g/mol. The SMILES string of the molecule is CNC(=O)Nc1cc(CN)ccc1Cl. The maximum atomic E-state index is 11.0. The summed E-state index contributed by atoms with van der Waals surface area (Å²) in [5.74, 6) is 0. The second kappa shape index (κ2) is 4.83. The normalized spacial score (nSPS) is 9.64. The number of anilines is 1. The Morgan fingerprint density at radius 2 is 2.29 bits per heavy atom. The zero-order valence-electron chi connectivity index (χ0n) is 7.80. The number of hydrogen-bond acceptors (Lipinski definition) is 2. The van der Waals surface area contributed by atoms with Crippen molar-refractivity contribution >= 4 is 23.3 Å². The van der Waals surface area contributed by atoms with Crippen molar-refractivity contribution in [1.29, 1.82) is 0 Å². The Labute approximate surface area is 87.4 Å². The first-order chi connectivity index (χ1) is 6.67. The molecule has 0 aliphatic heterocycles. The van der Waals surface area contributed by atoms with Gasteiger partial charge in [0, 0.05) is 13.6 Å². The van der Waals surface area contributed by atoms with E-state index in [-0.39, 0.29) is 6.03 Å². The molecule has 1 aromatic carbocycles. The Kier molecular flexibility index (Phi) is 3.73. The van der Waals surface area contributed by atoms with Gasteiger partial charge in [-0.15, -0.1) is 0 Å². The van der Waals surface area contributed by atoms with Gasteiger partial charge in [-0.05, 0) is 17.7 Å². The first-order valence-corrected chi connectivity index (χ1v) is 4.52. The van der Waals surface area contributed by atoms with E-state index >= 15 is 0 Å². The van der Waals surface area contributed by atoms with Gasteiger partial charge >= 0.3 is 6.03 Å². The lowest BCUT2D eigenvalue weighted by Crippen LogP contribution is -2.24. The fourth-order valence-corrected chi connectivity index (χ4v) is 1.14. The van der Waals surface area contributed by atoms with Crippen molar-refractivity contribution in [3.8, 4) is 0 Å². The van der Waals surface area contributed by atoms with Gasteiger partial charge in [0.05, 0.1) is 10.7 Å². The van der Waals surface area contributed by atoms with Gasteiger partial charge < -0.3 is 16.4 Å². The summed E-state index contributed by atoms with van der Waals surface area (Å²) in [5, 5.41) is 5.53.